The molecular weight excluding hydrogens is 652 g/mol. The number of nitrogens with zero attached hydrogens (tertiary/aromatic N) is 2. The molecule has 0 aliphatic heterocycles. The molecule has 4 N–H and O–H groups in total. The van der Waals surface area contributed by atoms with Crippen molar-refractivity contribution in [3.63, 3.8) is 0 Å². The number of hydrazine groups is 1. The summed E-state index contributed by atoms with van der Waals surface area (Å²) in [5.41, 5.74) is 0. The van der Waals surface area contributed by atoms with Crippen LogP contribution in [0.25, 0.3) is 0 Å². The van der Waals surface area contributed by atoms with Crippen LogP contribution in [0, 0.1) is 0 Å². The predicted octanol–water partition coefficient (Wildman–Crippen LogP) is 6.44. The second-order valence-electron chi connectivity index (χ2n) is 12.1. The van der Waals surface area contributed by atoms with Crippen molar-refractivity contribution >= 4 is 0 Å². The maximum atomic E-state index is 10.4. The van der Waals surface area contributed by atoms with Crippen molar-refractivity contribution in [3.8, 4) is 0 Å². The number of ether oxygens (including phenoxy) is 8. The summed E-state index contributed by atoms with van der Waals surface area (Å²) in [6.07, 6.45) is -4.53. The number of rotatable bonds is 33. The van der Waals surface area contributed by atoms with Crippen molar-refractivity contribution in [1.82, 2.24) is 10.0 Å². The molecule has 14 nitrogen and oxygen atoms in total. The molecule has 0 aromatic rings. The Labute approximate surface area is 303 Å². The summed E-state index contributed by atoms with van der Waals surface area (Å²) in [4.78, 5) is 0. The minimum atomic E-state index is -1.01. The maximum Gasteiger partial charge on any atom is 0.162 e. The van der Waals surface area contributed by atoms with Crippen molar-refractivity contribution < 1.29 is 58.3 Å². The fourth-order valence-corrected chi connectivity index (χ4v) is 5.03. The van der Waals surface area contributed by atoms with Crippen LogP contribution in [0.2, 0.25) is 0 Å². The predicted molar refractivity (Wildman–Crippen MR) is 190 cm³/mol. The molecule has 302 valence electrons. The molecule has 0 saturated heterocycles. The van der Waals surface area contributed by atoms with Gasteiger partial charge in [0.1, 0.15) is 24.9 Å². The summed E-state index contributed by atoms with van der Waals surface area (Å²) in [7, 11) is 0. The molecule has 12 atom stereocenters. The largest absolute Gasteiger partial charge is 0.368 e. The van der Waals surface area contributed by atoms with Crippen molar-refractivity contribution in [2.24, 2.45) is 0 Å². The lowest BCUT2D eigenvalue weighted by molar-refractivity contribution is -0.396. The maximum absolute atomic E-state index is 10.4. The summed E-state index contributed by atoms with van der Waals surface area (Å²) in [5.74, 6) is 0. The Balaban J connectivity index is 7.49. The van der Waals surface area contributed by atoms with Gasteiger partial charge in [0.05, 0.1) is 0 Å². The Hall–Kier alpha value is -0.560. The highest BCUT2D eigenvalue weighted by molar-refractivity contribution is 4.75. The minimum absolute atomic E-state index is 0.393. The van der Waals surface area contributed by atoms with E-state index in [1.807, 2.05) is 93.1 Å². The van der Waals surface area contributed by atoms with Gasteiger partial charge in [0, 0.05) is 0 Å². The van der Waals surface area contributed by atoms with Gasteiger partial charge in [-0.2, -0.15) is 10.0 Å². The number of aliphatic hydroxyl groups excluding tert-OH is 4. The molecule has 0 aliphatic carbocycles. The lowest BCUT2D eigenvalue weighted by Crippen LogP contribution is -2.64. The summed E-state index contributed by atoms with van der Waals surface area (Å²) < 4.78 is 50.1. The minimum Gasteiger partial charge on any atom is -0.368 e. The molecule has 12 unspecified atom stereocenters. The first-order chi connectivity index (χ1) is 23.9. The van der Waals surface area contributed by atoms with Crippen molar-refractivity contribution in [2.45, 2.75) is 235 Å². The standard InChI is InChI=1S/C36H76N2O12/c1-13-25(43-33(21-9)47-29(39)17-5)37(26(14-2)44-34(22-10)48-30(40)18-6)38(27(15-3)45-35(23-11)49-31(41)19-7)28(16-4)46-36(24-12)50-32(42)20-8/h25-36,39-42H,13-24H2,1-12H3. The lowest BCUT2D eigenvalue weighted by Gasteiger charge is -2.51. The highest BCUT2D eigenvalue weighted by atomic mass is 16.8. The monoisotopic (exact) mass is 729 g/mol. The van der Waals surface area contributed by atoms with Crippen molar-refractivity contribution in [1.29, 1.82) is 0 Å². The van der Waals surface area contributed by atoms with E-state index in [0.717, 1.165) is 0 Å². The molecule has 0 amide bonds. The average Bonchev–Trinajstić information content (AvgIpc) is 3.14. The van der Waals surface area contributed by atoms with E-state index in [1.165, 1.54) is 0 Å². The van der Waals surface area contributed by atoms with Crippen molar-refractivity contribution in [3.05, 3.63) is 0 Å². The number of hydrogen-bond acceptors (Lipinski definition) is 14. The van der Waals surface area contributed by atoms with Crippen molar-refractivity contribution in [2.75, 3.05) is 0 Å². The second-order valence-corrected chi connectivity index (χ2v) is 12.1. The first-order valence-corrected chi connectivity index (χ1v) is 19.4. The van der Waals surface area contributed by atoms with E-state index in [2.05, 4.69) is 0 Å². The number of aliphatic hydroxyl groups is 4. The summed E-state index contributed by atoms with van der Waals surface area (Å²) in [6.45, 7) is 22.9. The average molecular weight is 729 g/mol. The van der Waals surface area contributed by atoms with Crippen LogP contribution < -0.4 is 0 Å². The molecule has 50 heavy (non-hydrogen) atoms. The quantitative estimate of drug-likeness (QED) is 0.0432. The molecule has 0 radical (unpaired) electrons. The van der Waals surface area contributed by atoms with Gasteiger partial charge in [-0.05, 0) is 77.0 Å². The molecule has 0 heterocycles. The lowest BCUT2D eigenvalue weighted by atomic mass is 10.2. The van der Waals surface area contributed by atoms with E-state index in [0.29, 0.717) is 77.0 Å². The molecule has 0 fully saturated rings. The van der Waals surface area contributed by atoms with Gasteiger partial charge >= 0.3 is 0 Å². The van der Waals surface area contributed by atoms with E-state index in [-0.39, 0.29) is 0 Å². The van der Waals surface area contributed by atoms with Crippen LogP contribution in [0.1, 0.15) is 160 Å². The Morgan fingerprint density at radius 1 is 0.280 bits per heavy atom. The summed E-state index contributed by atoms with van der Waals surface area (Å²) in [5, 5.41) is 45.5. The zero-order chi connectivity index (χ0) is 38.2. The highest BCUT2D eigenvalue weighted by Gasteiger charge is 2.43. The van der Waals surface area contributed by atoms with Gasteiger partial charge in [0.25, 0.3) is 0 Å². The first kappa shape index (κ1) is 49.4. The van der Waals surface area contributed by atoms with Gasteiger partial charge in [-0.25, -0.2) is 0 Å². The topological polar surface area (TPSA) is 161 Å². The molecule has 0 aromatic heterocycles. The first-order valence-electron chi connectivity index (χ1n) is 19.4. The van der Waals surface area contributed by atoms with E-state index in [4.69, 9.17) is 37.9 Å². The van der Waals surface area contributed by atoms with Gasteiger partial charge in [-0.15, -0.1) is 0 Å². The van der Waals surface area contributed by atoms with E-state index >= 15 is 0 Å². The Bertz CT molecular complexity index is 667. The highest BCUT2D eigenvalue weighted by Crippen LogP contribution is 2.31. The zero-order valence-electron chi connectivity index (χ0n) is 33.4. The Morgan fingerprint density at radius 2 is 0.460 bits per heavy atom. The third-order valence-electron chi connectivity index (χ3n) is 8.05. The third kappa shape index (κ3) is 18.0. The smallest absolute Gasteiger partial charge is 0.162 e. The van der Waals surface area contributed by atoms with Gasteiger partial charge in [-0.3, -0.25) is 0 Å². The second kappa shape index (κ2) is 28.9. The molecule has 14 heteroatoms. The fraction of sp³-hybridized carbons (Fsp3) is 1.00. The SMILES string of the molecule is CCC(O)OC(CC)OC(CC)N(C(CC)OC(CC)OC(O)CC)N(C(CC)OC(CC)OC(O)CC)C(CC)OC(CC)OC(O)CC. The molecule has 0 aromatic carbocycles. The van der Waals surface area contributed by atoms with Gasteiger partial charge in [-0.1, -0.05) is 83.1 Å². The van der Waals surface area contributed by atoms with Crippen LogP contribution >= 0.6 is 0 Å². The Morgan fingerprint density at radius 3 is 0.580 bits per heavy atom. The van der Waals surface area contributed by atoms with E-state index in [9.17, 15) is 20.4 Å². The summed E-state index contributed by atoms with van der Waals surface area (Å²) in [6, 6.07) is 0. The van der Waals surface area contributed by atoms with Gasteiger partial charge in [0.15, 0.2) is 50.3 Å². The fourth-order valence-electron chi connectivity index (χ4n) is 5.03. The van der Waals surface area contributed by atoms with E-state index in [1.54, 1.807) is 0 Å². The Kier molecular flexibility index (Phi) is 28.6. The van der Waals surface area contributed by atoms with Crippen LogP contribution in [0.3, 0.4) is 0 Å². The normalized spacial score (nSPS) is 19.8. The van der Waals surface area contributed by atoms with Crippen LogP contribution in [0.4, 0.5) is 0 Å². The van der Waals surface area contributed by atoms with Gasteiger partial charge < -0.3 is 58.3 Å². The zero-order valence-corrected chi connectivity index (χ0v) is 33.4. The van der Waals surface area contributed by atoms with Crippen LogP contribution in [-0.4, -0.2) is 106 Å². The van der Waals surface area contributed by atoms with E-state index < -0.39 is 75.2 Å². The molecular formula is C36H76N2O12. The number of hydrogen-bond donors (Lipinski definition) is 4. The van der Waals surface area contributed by atoms with Crippen LogP contribution in [0.5, 0.6) is 0 Å². The molecule has 0 saturated carbocycles. The van der Waals surface area contributed by atoms with Crippen LogP contribution in [-0.2, 0) is 37.9 Å². The molecule has 0 rings (SSSR count). The molecule has 0 bridgehead atoms. The molecule has 0 spiro atoms. The summed E-state index contributed by atoms with van der Waals surface area (Å²) >= 11 is 0. The molecule has 0 aliphatic rings. The third-order valence-corrected chi connectivity index (χ3v) is 8.05. The van der Waals surface area contributed by atoms with Gasteiger partial charge in [0.2, 0.25) is 0 Å². The van der Waals surface area contributed by atoms with Crippen LogP contribution in [0.15, 0.2) is 0 Å².